The van der Waals surface area contributed by atoms with E-state index in [1.165, 1.54) is 0 Å². The summed E-state index contributed by atoms with van der Waals surface area (Å²) in [5, 5.41) is -0.945. The van der Waals surface area contributed by atoms with Crippen LogP contribution in [-0.2, 0) is 6.18 Å². The van der Waals surface area contributed by atoms with Crippen molar-refractivity contribution in [1.29, 1.82) is 0 Å². The van der Waals surface area contributed by atoms with Gasteiger partial charge in [-0.05, 0) is 78.9 Å². The first kappa shape index (κ1) is 20.5. The summed E-state index contributed by atoms with van der Waals surface area (Å²) in [5.74, 6) is -2.78. The van der Waals surface area contributed by atoms with Crippen molar-refractivity contribution in [1.82, 2.24) is 0 Å². The van der Waals surface area contributed by atoms with Crippen molar-refractivity contribution in [2.24, 2.45) is 17.8 Å². The van der Waals surface area contributed by atoms with Crippen molar-refractivity contribution in [2.45, 2.75) is 64.0 Å². The van der Waals surface area contributed by atoms with Crippen LogP contribution in [0.3, 0.4) is 0 Å². The first-order valence-corrected chi connectivity index (χ1v) is 10.4. The minimum atomic E-state index is -4.94. The summed E-state index contributed by atoms with van der Waals surface area (Å²) in [6, 6.07) is 2.49. The van der Waals surface area contributed by atoms with Gasteiger partial charge in [-0.25, -0.2) is 13.2 Å². The molecular formula is C23H24F6. The summed E-state index contributed by atoms with van der Waals surface area (Å²) in [5.41, 5.74) is -1.54. The Labute approximate surface area is 166 Å². The molecule has 4 rings (SSSR count). The minimum Gasteiger partial charge on any atom is -0.207 e. The normalized spacial score (nSPS) is 27.8. The zero-order valence-electron chi connectivity index (χ0n) is 16.3. The van der Waals surface area contributed by atoms with Gasteiger partial charge in [0.2, 0.25) is 0 Å². The predicted octanol–water partition coefficient (Wildman–Crippen LogP) is 7.99. The van der Waals surface area contributed by atoms with Crippen LogP contribution in [0.5, 0.6) is 0 Å². The molecule has 2 aromatic rings. The van der Waals surface area contributed by atoms with Crippen LogP contribution in [0.15, 0.2) is 18.2 Å². The molecule has 0 saturated heterocycles. The summed E-state index contributed by atoms with van der Waals surface area (Å²) in [4.78, 5) is 0. The molecular weight excluding hydrogens is 390 g/mol. The van der Waals surface area contributed by atoms with E-state index in [1.807, 2.05) is 0 Å². The Morgan fingerprint density at radius 1 is 0.897 bits per heavy atom. The summed E-state index contributed by atoms with van der Waals surface area (Å²) >= 11 is 0. The maximum atomic E-state index is 14.9. The molecule has 158 valence electrons. The van der Waals surface area contributed by atoms with Crippen molar-refractivity contribution in [3.8, 4) is 0 Å². The average molecular weight is 414 g/mol. The van der Waals surface area contributed by atoms with E-state index >= 15 is 0 Å². The fourth-order valence-corrected chi connectivity index (χ4v) is 5.68. The predicted molar refractivity (Wildman–Crippen MR) is 100 cm³/mol. The lowest BCUT2D eigenvalue weighted by molar-refractivity contribution is -0.140. The van der Waals surface area contributed by atoms with E-state index in [2.05, 4.69) is 6.92 Å². The summed E-state index contributed by atoms with van der Waals surface area (Å²) in [6.07, 6.45) is 1.31. The molecule has 29 heavy (non-hydrogen) atoms. The Morgan fingerprint density at radius 2 is 1.59 bits per heavy atom. The first-order chi connectivity index (χ1) is 13.7. The molecule has 4 atom stereocenters. The van der Waals surface area contributed by atoms with Gasteiger partial charge in [0, 0.05) is 6.07 Å². The van der Waals surface area contributed by atoms with Crippen LogP contribution in [-0.4, -0.2) is 0 Å². The standard InChI is InChI=1S/C23H24F6/c1-2-12-3-4-14-8-15(6-5-13(14)7-12)18-10-16-9-17(24)11-19(25)20(16)22(26)21(18)23(27,28)29/h9-15H,2-8H2,1H3/t12-,13?,14-,15?/m1/s1. The molecule has 2 saturated carbocycles. The maximum Gasteiger partial charge on any atom is 0.419 e. The van der Waals surface area contributed by atoms with E-state index in [9.17, 15) is 26.3 Å². The lowest BCUT2D eigenvalue weighted by Crippen LogP contribution is -2.31. The Hall–Kier alpha value is -1.72. The minimum absolute atomic E-state index is 0.149. The van der Waals surface area contributed by atoms with Crippen LogP contribution < -0.4 is 0 Å². The second kappa shape index (κ2) is 7.51. The molecule has 0 N–H and O–H groups in total. The van der Waals surface area contributed by atoms with Gasteiger partial charge in [0.05, 0.1) is 10.9 Å². The van der Waals surface area contributed by atoms with Gasteiger partial charge in [0.25, 0.3) is 0 Å². The van der Waals surface area contributed by atoms with E-state index in [4.69, 9.17) is 0 Å². The number of alkyl halides is 3. The smallest absolute Gasteiger partial charge is 0.207 e. The third-order valence-electron chi connectivity index (χ3n) is 7.15. The second-order valence-electron chi connectivity index (χ2n) is 8.76. The fraction of sp³-hybridized carbons (Fsp3) is 0.565. The highest BCUT2D eigenvalue weighted by Gasteiger charge is 2.42. The zero-order valence-corrected chi connectivity index (χ0v) is 16.3. The van der Waals surface area contributed by atoms with Gasteiger partial charge in [-0.15, -0.1) is 0 Å². The van der Waals surface area contributed by atoms with E-state index < -0.39 is 40.5 Å². The molecule has 2 aromatic carbocycles. The first-order valence-electron chi connectivity index (χ1n) is 10.4. The van der Waals surface area contributed by atoms with Gasteiger partial charge in [-0.1, -0.05) is 19.8 Å². The number of halogens is 6. The highest BCUT2D eigenvalue weighted by Crippen LogP contribution is 2.51. The topological polar surface area (TPSA) is 0 Å². The van der Waals surface area contributed by atoms with Gasteiger partial charge in [-0.3, -0.25) is 0 Å². The molecule has 0 heterocycles. The molecule has 2 aliphatic carbocycles. The molecule has 0 amide bonds. The molecule has 0 aromatic heterocycles. The van der Waals surface area contributed by atoms with Crippen LogP contribution in [0, 0.1) is 35.2 Å². The van der Waals surface area contributed by atoms with Crippen LogP contribution in [0.2, 0.25) is 0 Å². The van der Waals surface area contributed by atoms with Gasteiger partial charge in [0.15, 0.2) is 0 Å². The zero-order chi connectivity index (χ0) is 20.9. The van der Waals surface area contributed by atoms with Crippen LogP contribution in [0.25, 0.3) is 10.8 Å². The number of hydrogen-bond acceptors (Lipinski definition) is 0. The quantitative estimate of drug-likeness (QED) is 0.437. The lowest BCUT2D eigenvalue weighted by Gasteiger charge is -2.42. The van der Waals surface area contributed by atoms with Gasteiger partial charge < -0.3 is 0 Å². The molecule has 6 heteroatoms. The van der Waals surface area contributed by atoms with E-state index in [0.717, 1.165) is 44.2 Å². The molecule has 0 radical (unpaired) electrons. The summed E-state index contributed by atoms with van der Waals surface area (Å²) in [7, 11) is 0. The second-order valence-corrected chi connectivity index (χ2v) is 8.76. The average Bonchev–Trinajstić information content (AvgIpc) is 2.65. The molecule has 2 unspecified atom stereocenters. The van der Waals surface area contributed by atoms with Gasteiger partial charge in [0.1, 0.15) is 17.5 Å². The van der Waals surface area contributed by atoms with Crippen LogP contribution >= 0.6 is 0 Å². The number of fused-ring (bicyclic) bond motifs is 2. The molecule has 2 aliphatic rings. The number of rotatable bonds is 2. The highest BCUT2D eigenvalue weighted by molar-refractivity contribution is 5.86. The largest absolute Gasteiger partial charge is 0.419 e. The summed E-state index contributed by atoms with van der Waals surface area (Å²) in [6.45, 7) is 2.17. The molecule has 0 spiro atoms. The third kappa shape index (κ3) is 3.75. The van der Waals surface area contributed by atoms with Crippen molar-refractivity contribution < 1.29 is 26.3 Å². The monoisotopic (exact) mass is 414 g/mol. The van der Waals surface area contributed by atoms with Gasteiger partial charge >= 0.3 is 6.18 Å². The van der Waals surface area contributed by atoms with Crippen molar-refractivity contribution in [3.05, 3.63) is 46.8 Å². The van der Waals surface area contributed by atoms with E-state index in [1.54, 1.807) is 0 Å². The highest BCUT2D eigenvalue weighted by atomic mass is 19.4. The fourth-order valence-electron chi connectivity index (χ4n) is 5.68. The van der Waals surface area contributed by atoms with Gasteiger partial charge in [-0.2, -0.15) is 13.2 Å². The number of benzene rings is 2. The van der Waals surface area contributed by atoms with Crippen LogP contribution in [0.4, 0.5) is 26.3 Å². The molecule has 0 nitrogen and oxygen atoms in total. The summed E-state index contributed by atoms with van der Waals surface area (Å²) < 4.78 is 84.0. The Morgan fingerprint density at radius 3 is 2.28 bits per heavy atom. The maximum absolute atomic E-state index is 14.9. The lowest BCUT2D eigenvalue weighted by atomic mass is 9.63. The SMILES string of the molecule is CC[C@@H]1CC[C@@H]2CC(c3cc4cc(F)cc(F)c4c(F)c3C(F)(F)F)CCC2C1. The third-order valence-corrected chi connectivity index (χ3v) is 7.15. The van der Waals surface area contributed by atoms with Crippen molar-refractivity contribution in [2.75, 3.05) is 0 Å². The number of hydrogen-bond donors (Lipinski definition) is 0. The van der Waals surface area contributed by atoms with E-state index in [-0.39, 0.29) is 10.9 Å². The molecule has 0 bridgehead atoms. The Balaban J connectivity index is 1.77. The van der Waals surface area contributed by atoms with Crippen molar-refractivity contribution in [3.63, 3.8) is 0 Å². The molecule has 0 aliphatic heterocycles. The van der Waals surface area contributed by atoms with Crippen LogP contribution in [0.1, 0.15) is 68.9 Å². The molecule has 2 fully saturated rings. The van der Waals surface area contributed by atoms with Crippen molar-refractivity contribution >= 4 is 10.8 Å². The Kier molecular flexibility index (Phi) is 5.32. The Bertz CT molecular complexity index is 916. The van der Waals surface area contributed by atoms with E-state index in [0.29, 0.717) is 36.7 Å².